The van der Waals surface area contributed by atoms with Gasteiger partial charge in [-0.1, -0.05) is 18.6 Å². The first-order chi connectivity index (χ1) is 14.0. The number of anilines is 1. The molecular weight excluding hydrogens is 371 g/mol. The maximum absolute atomic E-state index is 13.4. The van der Waals surface area contributed by atoms with E-state index in [4.69, 9.17) is 4.74 Å². The standard InChI is InChI=1S/C23H25FN2O3/c1-29-20-9-3-8-19(14-20)26-12-11-23(22(26)28)10-4-7-18(15-23)25-21(27)16-5-2-6-17(24)13-16/h2-3,5-6,8-9,13-14,18H,4,7,10-12,15H2,1H3,(H,25,27)/t18-,23-/m0/s1. The molecule has 0 bridgehead atoms. The Morgan fingerprint density at radius 3 is 2.83 bits per heavy atom. The first kappa shape index (κ1) is 19.4. The van der Waals surface area contributed by atoms with Crippen molar-refractivity contribution in [3.8, 4) is 5.75 Å². The lowest BCUT2D eigenvalue weighted by Crippen LogP contribution is -2.46. The van der Waals surface area contributed by atoms with Gasteiger partial charge in [-0.25, -0.2) is 4.39 Å². The van der Waals surface area contributed by atoms with Crippen molar-refractivity contribution in [2.75, 3.05) is 18.6 Å². The highest BCUT2D eigenvalue weighted by Crippen LogP contribution is 2.46. The van der Waals surface area contributed by atoms with Gasteiger partial charge in [-0.15, -0.1) is 0 Å². The molecule has 2 atom stereocenters. The molecule has 6 heteroatoms. The summed E-state index contributed by atoms with van der Waals surface area (Å²) in [5.41, 5.74) is 0.707. The van der Waals surface area contributed by atoms with Gasteiger partial charge in [0.2, 0.25) is 5.91 Å². The van der Waals surface area contributed by atoms with Crippen molar-refractivity contribution < 1.29 is 18.7 Å². The fraction of sp³-hybridized carbons (Fsp3) is 0.391. The first-order valence-electron chi connectivity index (χ1n) is 10.0. The molecule has 1 saturated carbocycles. The molecule has 152 valence electrons. The molecule has 1 aliphatic carbocycles. The highest BCUT2D eigenvalue weighted by atomic mass is 19.1. The van der Waals surface area contributed by atoms with E-state index in [0.717, 1.165) is 37.1 Å². The lowest BCUT2D eigenvalue weighted by molar-refractivity contribution is -0.127. The zero-order valence-electron chi connectivity index (χ0n) is 16.5. The first-order valence-corrected chi connectivity index (χ1v) is 10.0. The highest BCUT2D eigenvalue weighted by molar-refractivity contribution is 6.00. The Kier molecular flexibility index (Phi) is 5.26. The van der Waals surface area contributed by atoms with E-state index < -0.39 is 11.2 Å². The third kappa shape index (κ3) is 3.84. The van der Waals surface area contributed by atoms with Crippen LogP contribution in [0.1, 0.15) is 42.5 Å². The second-order valence-corrected chi connectivity index (χ2v) is 7.97. The molecule has 2 fully saturated rings. The summed E-state index contributed by atoms with van der Waals surface area (Å²) in [5.74, 6) is 0.120. The fourth-order valence-electron chi connectivity index (χ4n) is 4.65. The Balaban J connectivity index is 1.47. The quantitative estimate of drug-likeness (QED) is 0.852. The third-order valence-corrected chi connectivity index (χ3v) is 6.14. The number of carbonyl (C=O) groups is 2. The minimum atomic E-state index is -0.443. The van der Waals surface area contributed by atoms with Gasteiger partial charge in [0.1, 0.15) is 11.6 Å². The molecule has 1 N–H and O–H groups in total. The van der Waals surface area contributed by atoms with E-state index in [1.165, 1.54) is 18.2 Å². The number of methoxy groups -OCH3 is 1. The van der Waals surface area contributed by atoms with Gasteiger partial charge in [0.25, 0.3) is 5.91 Å². The van der Waals surface area contributed by atoms with Gasteiger partial charge in [0, 0.05) is 29.9 Å². The van der Waals surface area contributed by atoms with Crippen LogP contribution < -0.4 is 15.0 Å². The van der Waals surface area contributed by atoms with Crippen LogP contribution in [0.25, 0.3) is 0 Å². The molecule has 0 radical (unpaired) electrons. The van der Waals surface area contributed by atoms with Crippen LogP contribution in [0.5, 0.6) is 5.75 Å². The van der Waals surface area contributed by atoms with Gasteiger partial charge in [0.05, 0.1) is 12.5 Å². The maximum Gasteiger partial charge on any atom is 0.251 e. The number of hydrogen-bond acceptors (Lipinski definition) is 3. The predicted molar refractivity (Wildman–Crippen MR) is 109 cm³/mol. The summed E-state index contributed by atoms with van der Waals surface area (Å²) in [6.07, 6.45) is 3.93. The van der Waals surface area contributed by atoms with Gasteiger partial charge >= 0.3 is 0 Å². The lowest BCUT2D eigenvalue weighted by Gasteiger charge is -2.37. The average molecular weight is 396 g/mol. The summed E-state index contributed by atoms with van der Waals surface area (Å²) in [6.45, 7) is 0.663. The summed E-state index contributed by atoms with van der Waals surface area (Å²) in [6, 6.07) is 13.1. The van der Waals surface area contributed by atoms with Crippen LogP contribution in [-0.2, 0) is 4.79 Å². The number of ether oxygens (including phenoxy) is 1. The summed E-state index contributed by atoms with van der Waals surface area (Å²) >= 11 is 0. The van der Waals surface area contributed by atoms with Crippen molar-refractivity contribution >= 4 is 17.5 Å². The Bertz CT molecular complexity index is 932. The van der Waals surface area contributed by atoms with Crippen molar-refractivity contribution in [2.45, 2.75) is 38.1 Å². The molecule has 2 aromatic carbocycles. The van der Waals surface area contributed by atoms with E-state index in [-0.39, 0.29) is 17.9 Å². The van der Waals surface area contributed by atoms with Crippen LogP contribution in [0, 0.1) is 11.2 Å². The van der Waals surface area contributed by atoms with Crippen LogP contribution in [0.4, 0.5) is 10.1 Å². The molecule has 2 aliphatic rings. The molecule has 2 amide bonds. The van der Waals surface area contributed by atoms with E-state index in [9.17, 15) is 14.0 Å². The average Bonchev–Trinajstić information content (AvgIpc) is 3.03. The largest absolute Gasteiger partial charge is 0.497 e. The van der Waals surface area contributed by atoms with Crippen molar-refractivity contribution in [2.24, 2.45) is 5.41 Å². The Morgan fingerprint density at radius 1 is 1.21 bits per heavy atom. The predicted octanol–water partition coefficient (Wildman–Crippen LogP) is 3.93. The number of nitrogens with zero attached hydrogens (tertiary/aromatic N) is 1. The van der Waals surface area contributed by atoms with Gasteiger partial charge < -0.3 is 15.0 Å². The summed E-state index contributed by atoms with van der Waals surface area (Å²) < 4.78 is 18.7. The molecule has 1 spiro atoms. The second-order valence-electron chi connectivity index (χ2n) is 7.97. The van der Waals surface area contributed by atoms with Crippen molar-refractivity contribution in [1.82, 2.24) is 5.32 Å². The zero-order valence-corrected chi connectivity index (χ0v) is 16.5. The molecule has 1 saturated heterocycles. The van der Waals surface area contributed by atoms with Crippen molar-refractivity contribution in [3.05, 3.63) is 59.9 Å². The van der Waals surface area contributed by atoms with E-state index in [2.05, 4.69) is 5.32 Å². The molecule has 4 rings (SSSR count). The smallest absolute Gasteiger partial charge is 0.251 e. The monoisotopic (exact) mass is 396 g/mol. The van der Waals surface area contributed by atoms with Gasteiger partial charge in [0.15, 0.2) is 0 Å². The fourth-order valence-corrected chi connectivity index (χ4v) is 4.65. The van der Waals surface area contributed by atoms with Crippen LogP contribution in [0.15, 0.2) is 48.5 Å². The third-order valence-electron chi connectivity index (χ3n) is 6.14. The second kappa shape index (κ2) is 7.85. The molecule has 1 aliphatic heterocycles. The highest BCUT2D eigenvalue weighted by Gasteiger charge is 2.49. The Hall–Kier alpha value is -2.89. The number of carbonyl (C=O) groups excluding carboxylic acids is 2. The SMILES string of the molecule is COc1cccc(N2CC[C@]3(CCC[C@H](NC(=O)c4cccc(F)c4)C3)C2=O)c1. The number of rotatable bonds is 4. The topological polar surface area (TPSA) is 58.6 Å². The normalized spacial score (nSPS) is 24.0. The zero-order chi connectivity index (χ0) is 20.4. The lowest BCUT2D eigenvalue weighted by atomic mass is 9.71. The molecule has 29 heavy (non-hydrogen) atoms. The molecule has 0 unspecified atom stereocenters. The minimum Gasteiger partial charge on any atom is -0.497 e. The van der Waals surface area contributed by atoms with Gasteiger partial charge in [-0.2, -0.15) is 0 Å². The number of amides is 2. The number of halogens is 1. The van der Waals surface area contributed by atoms with E-state index in [1.54, 1.807) is 13.2 Å². The molecule has 5 nitrogen and oxygen atoms in total. The number of nitrogens with one attached hydrogen (secondary N) is 1. The molecular formula is C23H25FN2O3. The number of hydrogen-bond donors (Lipinski definition) is 1. The van der Waals surface area contributed by atoms with Crippen molar-refractivity contribution in [3.63, 3.8) is 0 Å². The Morgan fingerprint density at radius 2 is 2.03 bits per heavy atom. The van der Waals surface area contributed by atoms with Gasteiger partial charge in [-0.05, 0) is 56.0 Å². The van der Waals surface area contributed by atoms with Crippen LogP contribution >= 0.6 is 0 Å². The van der Waals surface area contributed by atoms with Crippen molar-refractivity contribution in [1.29, 1.82) is 0 Å². The van der Waals surface area contributed by atoms with Crippen LogP contribution in [0.3, 0.4) is 0 Å². The number of benzene rings is 2. The van der Waals surface area contributed by atoms with Crippen LogP contribution in [0.2, 0.25) is 0 Å². The van der Waals surface area contributed by atoms with Crippen LogP contribution in [-0.4, -0.2) is 31.5 Å². The molecule has 2 aromatic rings. The summed E-state index contributed by atoms with van der Waals surface area (Å²) in [4.78, 5) is 27.7. The molecule has 1 heterocycles. The minimum absolute atomic E-state index is 0.0891. The van der Waals surface area contributed by atoms with Gasteiger partial charge in [-0.3, -0.25) is 9.59 Å². The molecule has 0 aromatic heterocycles. The Labute approximate surface area is 169 Å². The summed E-state index contributed by atoms with van der Waals surface area (Å²) in [7, 11) is 1.61. The van der Waals surface area contributed by atoms with E-state index in [0.29, 0.717) is 18.5 Å². The summed E-state index contributed by atoms with van der Waals surface area (Å²) in [5, 5.41) is 3.01. The van der Waals surface area contributed by atoms with E-state index >= 15 is 0 Å². The maximum atomic E-state index is 13.4. The van der Waals surface area contributed by atoms with E-state index in [1.807, 2.05) is 29.2 Å².